The van der Waals surface area contributed by atoms with Gasteiger partial charge in [0.15, 0.2) is 0 Å². The molecular formula is C6H7F7. The lowest BCUT2D eigenvalue weighted by atomic mass is 9.91. The van der Waals surface area contributed by atoms with Crippen molar-refractivity contribution in [3.63, 3.8) is 0 Å². The van der Waals surface area contributed by atoms with Crippen LogP contribution in [0.4, 0.5) is 30.7 Å². The lowest BCUT2D eigenvalue weighted by Gasteiger charge is -2.30. The Morgan fingerprint density at radius 1 is 0.846 bits per heavy atom. The molecule has 0 aromatic rings. The topological polar surface area (TPSA) is 0 Å². The van der Waals surface area contributed by atoms with E-state index < -0.39 is 23.9 Å². The van der Waals surface area contributed by atoms with Gasteiger partial charge >= 0.3 is 12.4 Å². The van der Waals surface area contributed by atoms with Gasteiger partial charge in [0.2, 0.25) is 5.67 Å². The molecule has 0 aromatic heterocycles. The van der Waals surface area contributed by atoms with Gasteiger partial charge in [0, 0.05) is 0 Å². The van der Waals surface area contributed by atoms with Crippen LogP contribution in [0.3, 0.4) is 0 Å². The van der Waals surface area contributed by atoms with E-state index in [9.17, 15) is 30.7 Å². The van der Waals surface area contributed by atoms with Gasteiger partial charge in [0.1, 0.15) is 0 Å². The molecule has 0 spiro atoms. The average molecular weight is 212 g/mol. The van der Waals surface area contributed by atoms with Crippen LogP contribution in [-0.4, -0.2) is 18.0 Å². The molecule has 0 aliphatic heterocycles. The first-order valence-electron chi connectivity index (χ1n) is 3.23. The first-order valence-corrected chi connectivity index (χ1v) is 3.23. The van der Waals surface area contributed by atoms with Crippen molar-refractivity contribution >= 4 is 0 Å². The SMILES string of the molecule is CC(C(F)(F)F)C(C)(F)C(F)(F)F. The molecule has 2 atom stereocenters. The van der Waals surface area contributed by atoms with Crippen molar-refractivity contribution in [1.29, 1.82) is 0 Å². The van der Waals surface area contributed by atoms with Crippen LogP contribution in [0.15, 0.2) is 0 Å². The zero-order chi connectivity index (χ0) is 11.1. The number of alkyl halides is 7. The Morgan fingerprint density at radius 3 is 1.23 bits per heavy atom. The number of hydrogen-bond donors (Lipinski definition) is 0. The summed E-state index contributed by atoms with van der Waals surface area (Å²) in [4.78, 5) is 0. The molecule has 0 aromatic carbocycles. The third kappa shape index (κ3) is 2.47. The van der Waals surface area contributed by atoms with Crippen molar-refractivity contribution in [2.45, 2.75) is 31.9 Å². The van der Waals surface area contributed by atoms with Gasteiger partial charge in [-0.25, -0.2) is 4.39 Å². The third-order valence-electron chi connectivity index (χ3n) is 1.86. The summed E-state index contributed by atoms with van der Waals surface area (Å²) < 4.78 is 83.1. The molecule has 0 aliphatic carbocycles. The van der Waals surface area contributed by atoms with Gasteiger partial charge in [-0.2, -0.15) is 26.3 Å². The fraction of sp³-hybridized carbons (Fsp3) is 1.00. The normalized spacial score (nSPS) is 21.0. The van der Waals surface area contributed by atoms with Crippen molar-refractivity contribution < 1.29 is 30.7 Å². The molecule has 2 unspecified atom stereocenters. The van der Waals surface area contributed by atoms with E-state index in [4.69, 9.17) is 0 Å². The third-order valence-corrected chi connectivity index (χ3v) is 1.86. The predicted octanol–water partition coefficient (Wildman–Crippen LogP) is 3.48. The summed E-state index contributed by atoms with van der Waals surface area (Å²) in [5, 5.41) is 0. The highest BCUT2D eigenvalue weighted by Crippen LogP contribution is 2.45. The van der Waals surface area contributed by atoms with Crippen molar-refractivity contribution in [2.24, 2.45) is 5.92 Å². The van der Waals surface area contributed by atoms with Gasteiger partial charge in [0.25, 0.3) is 0 Å². The number of halogens is 7. The summed E-state index contributed by atoms with van der Waals surface area (Å²) >= 11 is 0. The molecule has 0 heterocycles. The van der Waals surface area contributed by atoms with E-state index >= 15 is 0 Å². The zero-order valence-electron chi connectivity index (χ0n) is 6.72. The molecule has 0 saturated heterocycles. The Hall–Kier alpha value is -0.490. The van der Waals surface area contributed by atoms with E-state index in [1.807, 2.05) is 0 Å². The van der Waals surface area contributed by atoms with Crippen LogP contribution >= 0.6 is 0 Å². The Kier molecular flexibility index (Phi) is 2.91. The van der Waals surface area contributed by atoms with Crippen molar-refractivity contribution in [3.05, 3.63) is 0 Å². The maximum atomic E-state index is 12.6. The molecule has 13 heavy (non-hydrogen) atoms. The van der Waals surface area contributed by atoms with Crippen molar-refractivity contribution in [3.8, 4) is 0 Å². The molecule has 0 saturated carbocycles. The molecule has 0 bridgehead atoms. The van der Waals surface area contributed by atoms with E-state index in [0.29, 0.717) is 0 Å². The monoisotopic (exact) mass is 212 g/mol. The molecule has 0 rings (SSSR count). The van der Waals surface area contributed by atoms with Crippen molar-refractivity contribution in [2.75, 3.05) is 0 Å². The van der Waals surface area contributed by atoms with Crippen LogP contribution in [0.2, 0.25) is 0 Å². The van der Waals surface area contributed by atoms with Crippen LogP contribution < -0.4 is 0 Å². The van der Waals surface area contributed by atoms with Gasteiger partial charge in [-0.05, 0) is 6.92 Å². The van der Waals surface area contributed by atoms with Crippen LogP contribution in [0.25, 0.3) is 0 Å². The minimum atomic E-state index is -5.51. The van der Waals surface area contributed by atoms with Crippen LogP contribution in [-0.2, 0) is 0 Å². The Morgan fingerprint density at radius 2 is 1.15 bits per heavy atom. The number of rotatable bonds is 1. The zero-order valence-corrected chi connectivity index (χ0v) is 6.72. The molecular weight excluding hydrogens is 205 g/mol. The Bertz CT molecular complexity index is 174. The fourth-order valence-corrected chi connectivity index (χ4v) is 0.553. The lowest BCUT2D eigenvalue weighted by molar-refractivity contribution is -0.290. The summed E-state index contributed by atoms with van der Waals surface area (Å²) in [6.45, 7) is 0.0403. The quantitative estimate of drug-likeness (QED) is 0.583. The first kappa shape index (κ1) is 12.5. The van der Waals surface area contributed by atoms with E-state index in [0.717, 1.165) is 0 Å². The van der Waals surface area contributed by atoms with Crippen LogP contribution in [0.1, 0.15) is 13.8 Å². The average Bonchev–Trinajstić information content (AvgIpc) is 1.81. The van der Waals surface area contributed by atoms with E-state index in [-0.39, 0.29) is 13.8 Å². The minimum absolute atomic E-state index is 0.120. The summed E-state index contributed by atoms with van der Waals surface area (Å²) in [6, 6.07) is 0. The fourth-order valence-electron chi connectivity index (χ4n) is 0.553. The lowest BCUT2D eigenvalue weighted by Crippen LogP contribution is -2.49. The van der Waals surface area contributed by atoms with Crippen molar-refractivity contribution in [1.82, 2.24) is 0 Å². The molecule has 0 N–H and O–H groups in total. The molecule has 7 heteroatoms. The second-order valence-corrected chi connectivity index (χ2v) is 2.84. The van der Waals surface area contributed by atoms with E-state index in [1.54, 1.807) is 0 Å². The highest BCUT2D eigenvalue weighted by atomic mass is 19.4. The highest BCUT2D eigenvalue weighted by Gasteiger charge is 2.63. The van der Waals surface area contributed by atoms with Crippen LogP contribution in [0.5, 0.6) is 0 Å². The smallest absolute Gasteiger partial charge is 0.233 e. The molecule has 0 amide bonds. The largest absolute Gasteiger partial charge is 0.422 e. The minimum Gasteiger partial charge on any atom is -0.233 e. The van der Waals surface area contributed by atoms with Gasteiger partial charge in [-0.1, -0.05) is 6.92 Å². The first-order chi connectivity index (χ1) is 5.40. The van der Waals surface area contributed by atoms with E-state index in [2.05, 4.69) is 0 Å². The standard InChI is InChI=1S/C6H7F7/c1-3(5(8,9)10)4(2,7)6(11,12)13/h3H,1-2H3. The molecule has 0 fully saturated rings. The molecule has 0 nitrogen and oxygen atoms in total. The van der Waals surface area contributed by atoms with E-state index in [1.165, 1.54) is 0 Å². The second kappa shape index (κ2) is 3.02. The maximum absolute atomic E-state index is 12.6. The summed E-state index contributed by atoms with van der Waals surface area (Å²) in [5.74, 6) is -3.07. The molecule has 0 aliphatic rings. The van der Waals surface area contributed by atoms with Gasteiger partial charge in [-0.3, -0.25) is 0 Å². The maximum Gasteiger partial charge on any atom is 0.422 e. The Balaban J connectivity index is 4.86. The van der Waals surface area contributed by atoms with Crippen LogP contribution in [0, 0.1) is 5.92 Å². The summed E-state index contributed by atoms with van der Waals surface area (Å²) in [6.07, 6.45) is -10.7. The number of hydrogen-bond acceptors (Lipinski definition) is 0. The van der Waals surface area contributed by atoms with Gasteiger partial charge in [-0.15, -0.1) is 0 Å². The summed E-state index contributed by atoms with van der Waals surface area (Å²) in [7, 11) is 0. The summed E-state index contributed by atoms with van der Waals surface area (Å²) in [5.41, 5.74) is -4.24. The predicted molar refractivity (Wildman–Crippen MR) is 30.8 cm³/mol. The molecule has 80 valence electrons. The second-order valence-electron chi connectivity index (χ2n) is 2.84. The van der Waals surface area contributed by atoms with Gasteiger partial charge < -0.3 is 0 Å². The highest BCUT2D eigenvalue weighted by molar-refractivity contribution is 4.90. The van der Waals surface area contributed by atoms with Gasteiger partial charge in [0.05, 0.1) is 5.92 Å². The molecule has 0 radical (unpaired) electrons. The Labute approximate surface area is 69.7 Å².